The molecule has 0 N–H and O–H groups in total. The minimum Gasteiger partial charge on any atom is -0.494 e. The van der Waals surface area contributed by atoms with Crippen LogP contribution in [0.1, 0.15) is 48.6 Å². The number of carbonyl (C=O) groups is 1. The third-order valence-electron chi connectivity index (χ3n) is 5.96. The second-order valence-electron chi connectivity index (χ2n) is 8.07. The van der Waals surface area contributed by atoms with Crippen molar-refractivity contribution in [3.05, 3.63) is 53.7 Å². The minimum absolute atomic E-state index is 0.0620. The SMILES string of the molecule is CCOc1ccc(-c2cc(C(=O)N3CCC(Cn4ccnc4CC)CC3)no2)cc1C. The van der Waals surface area contributed by atoms with Crippen molar-refractivity contribution in [1.29, 1.82) is 0 Å². The molecule has 0 saturated carbocycles. The Morgan fingerprint density at radius 1 is 1.23 bits per heavy atom. The molecule has 0 atom stereocenters. The fourth-order valence-electron chi connectivity index (χ4n) is 4.21. The number of ether oxygens (including phenoxy) is 1. The Hall–Kier alpha value is -3.09. The van der Waals surface area contributed by atoms with Crippen LogP contribution < -0.4 is 4.74 Å². The van der Waals surface area contributed by atoms with Gasteiger partial charge in [0.1, 0.15) is 11.6 Å². The van der Waals surface area contributed by atoms with Crippen LogP contribution >= 0.6 is 0 Å². The van der Waals surface area contributed by atoms with Crippen LogP contribution in [0.2, 0.25) is 0 Å². The van der Waals surface area contributed by atoms with Gasteiger partial charge in [-0.25, -0.2) is 4.98 Å². The Bertz CT molecular complexity index is 1030. The van der Waals surface area contributed by atoms with Crippen molar-refractivity contribution in [3.63, 3.8) is 0 Å². The molecule has 0 radical (unpaired) electrons. The third kappa shape index (κ3) is 4.65. The van der Waals surface area contributed by atoms with Gasteiger partial charge in [-0.15, -0.1) is 0 Å². The van der Waals surface area contributed by atoms with E-state index in [2.05, 4.69) is 27.8 Å². The number of hydrogen-bond donors (Lipinski definition) is 0. The number of amides is 1. The van der Waals surface area contributed by atoms with E-state index in [4.69, 9.17) is 9.26 Å². The predicted octanol–water partition coefficient (Wildman–Crippen LogP) is 4.36. The van der Waals surface area contributed by atoms with Crippen LogP contribution in [-0.4, -0.2) is 45.2 Å². The first-order valence-electron chi connectivity index (χ1n) is 11.1. The number of hydrogen-bond acceptors (Lipinski definition) is 5. The molecule has 3 aromatic rings. The summed E-state index contributed by atoms with van der Waals surface area (Å²) in [6, 6.07) is 7.58. The summed E-state index contributed by atoms with van der Waals surface area (Å²) in [4.78, 5) is 19.2. The van der Waals surface area contributed by atoms with E-state index in [0.29, 0.717) is 24.0 Å². The lowest BCUT2D eigenvalue weighted by atomic mass is 9.96. The number of piperidine rings is 1. The zero-order chi connectivity index (χ0) is 21.8. The highest BCUT2D eigenvalue weighted by Crippen LogP contribution is 2.28. The van der Waals surface area contributed by atoms with E-state index < -0.39 is 0 Å². The summed E-state index contributed by atoms with van der Waals surface area (Å²) in [6.45, 7) is 9.16. The van der Waals surface area contributed by atoms with Crippen LogP contribution in [0, 0.1) is 12.8 Å². The molecule has 2 aromatic heterocycles. The van der Waals surface area contributed by atoms with E-state index in [1.807, 2.05) is 43.1 Å². The quantitative estimate of drug-likeness (QED) is 0.566. The van der Waals surface area contributed by atoms with Gasteiger partial charge in [0.2, 0.25) is 0 Å². The van der Waals surface area contributed by atoms with Gasteiger partial charge in [0.25, 0.3) is 5.91 Å². The number of nitrogens with zero attached hydrogens (tertiary/aromatic N) is 4. The molecule has 1 aliphatic rings. The molecule has 0 spiro atoms. The molecule has 0 unspecified atom stereocenters. The lowest BCUT2D eigenvalue weighted by molar-refractivity contribution is 0.0672. The number of rotatable bonds is 7. The lowest BCUT2D eigenvalue weighted by Crippen LogP contribution is -2.39. The smallest absolute Gasteiger partial charge is 0.276 e. The Labute approximate surface area is 183 Å². The largest absolute Gasteiger partial charge is 0.494 e. The predicted molar refractivity (Wildman–Crippen MR) is 118 cm³/mol. The molecule has 4 rings (SSSR count). The summed E-state index contributed by atoms with van der Waals surface area (Å²) >= 11 is 0. The van der Waals surface area contributed by atoms with Gasteiger partial charge >= 0.3 is 0 Å². The van der Waals surface area contributed by atoms with Crippen LogP contribution in [-0.2, 0) is 13.0 Å². The maximum atomic E-state index is 12.9. The van der Waals surface area contributed by atoms with Crippen molar-refractivity contribution < 1.29 is 14.1 Å². The van der Waals surface area contributed by atoms with Crippen molar-refractivity contribution >= 4 is 5.91 Å². The molecule has 31 heavy (non-hydrogen) atoms. The molecular weight excluding hydrogens is 392 g/mol. The van der Waals surface area contributed by atoms with Crippen molar-refractivity contribution in [2.24, 2.45) is 5.92 Å². The Kier molecular flexibility index (Phi) is 6.39. The summed E-state index contributed by atoms with van der Waals surface area (Å²) in [7, 11) is 0. The normalized spacial score (nSPS) is 14.7. The molecule has 3 heterocycles. The summed E-state index contributed by atoms with van der Waals surface area (Å²) < 4.78 is 13.3. The molecule has 164 valence electrons. The average molecular weight is 423 g/mol. The summed E-state index contributed by atoms with van der Waals surface area (Å²) in [5.41, 5.74) is 2.27. The van der Waals surface area contributed by atoms with Gasteiger partial charge in [-0.05, 0) is 56.4 Å². The van der Waals surface area contributed by atoms with E-state index in [1.165, 1.54) is 0 Å². The topological polar surface area (TPSA) is 73.4 Å². The van der Waals surface area contributed by atoms with Crippen LogP contribution in [0.15, 0.2) is 41.2 Å². The molecule has 1 fully saturated rings. The Balaban J connectivity index is 1.37. The standard InChI is InChI=1S/C24H30N4O3/c1-4-23-25-10-13-28(23)16-18-8-11-27(12-9-18)24(29)20-15-22(31-26-20)19-6-7-21(30-5-2)17(3)14-19/h6-7,10,13-15,18H,4-5,8-9,11-12,16H2,1-3H3. The van der Waals surface area contributed by atoms with Gasteiger partial charge in [0.15, 0.2) is 11.5 Å². The second-order valence-corrected chi connectivity index (χ2v) is 8.07. The molecule has 0 aliphatic carbocycles. The van der Waals surface area contributed by atoms with E-state index in [-0.39, 0.29) is 5.91 Å². The van der Waals surface area contributed by atoms with Crippen molar-refractivity contribution in [2.45, 2.75) is 46.6 Å². The van der Waals surface area contributed by atoms with Gasteiger partial charge in [0.05, 0.1) is 6.61 Å². The molecule has 7 heteroatoms. The van der Waals surface area contributed by atoms with Crippen LogP contribution in [0.4, 0.5) is 0 Å². The van der Waals surface area contributed by atoms with Gasteiger partial charge in [-0.1, -0.05) is 12.1 Å². The molecule has 1 aromatic carbocycles. The van der Waals surface area contributed by atoms with Crippen molar-refractivity contribution in [3.8, 4) is 17.1 Å². The van der Waals surface area contributed by atoms with Crippen LogP contribution in [0.25, 0.3) is 11.3 Å². The molecular formula is C24H30N4O3. The highest BCUT2D eigenvalue weighted by molar-refractivity contribution is 5.93. The molecule has 7 nitrogen and oxygen atoms in total. The first kappa shape index (κ1) is 21.2. The fraction of sp³-hybridized carbons (Fsp3) is 0.458. The van der Waals surface area contributed by atoms with Crippen molar-refractivity contribution in [1.82, 2.24) is 19.6 Å². The van der Waals surface area contributed by atoms with E-state index in [1.54, 1.807) is 6.07 Å². The zero-order valence-corrected chi connectivity index (χ0v) is 18.5. The molecule has 1 amide bonds. The van der Waals surface area contributed by atoms with Gasteiger partial charge < -0.3 is 18.7 Å². The number of likely N-dealkylation sites (tertiary alicyclic amines) is 1. The number of benzene rings is 1. The average Bonchev–Trinajstić information content (AvgIpc) is 3.45. The van der Waals surface area contributed by atoms with Gasteiger partial charge in [-0.3, -0.25) is 4.79 Å². The highest BCUT2D eigenvalue weighted by atomic mass is 16.5. The summed E-state index contributed by atoms with van der Waals surface area (Å²) in [5, 5.41) is 4.05. The molecule has 1 saturated heterocycles. The third-order valence-corrected chi connectivity index (χ3v) is 5.96. The highest BCUT2D eigenvalue weighted by Gasteiger charge is 2.26. The Morgan fingerprint density at radius 3 is 2.74 bits per heavy atom. The summed E-state index contributed by atoms with van der Waals surface area (Å²) in [5.74, 6) is 3.07. The van der Waals surface area contributed by atoms with Crippen LogP contribution in [0.5, 0.6) is 5.75 Å². The maximum Gasteiger partial charge on any atom is 0.276 e. The molecule has 1 aliphatic heterocycles. The number of aromatic nitrogens is 3. The van der Waals surface area contributed by atoms with Gasteiger partial charge in [-0.2, -0.15) is 0 Å². The number of aryl methyl sites for hydroxylation is 2. The van der Waals surface area contributed by atoms with E-state index in [9.17, 15) is 4.79 Å². The monoisotopic (exact) mass is 422 g/mol. The molecule has 0 bridgehead atoms. The van der Waals surface area contributed by atoms with Gasteiger partial charge in [0, 0.05) is 50.1 Å². The van der Waals surface area contributed by atoms with E-state index >= 15 is 0 Å². The van der Waals surface area contributed by atoms with Crippen molar-refractivity contribution in [2.75, 3.05) is 19.7 Å². The Morgan fingerprint density at radius 2 is 2.03 bits per heavy atom. The zero-order valence-electron chi connectivity index (χ0n) is 18.5. The first-order valence-corrected chi connectivity index (χ1v) is 11.1. The fourth-order valence-corrected chi connectivity index (χ4v) is 4.21. The summed E-state index contributed by atoms with van der Waals surface area (Å²) in [6.07, 6.45) is 6.82. The first-order chi connectivity index (χ1) is 15.1. The maximum absolute atomic E-state index is 12.9. The minimum atomic E-state index is -0.0620. The van der Waals surface area contributed by atoms with Crippen LogP contribution in [0.3, 0.4) is 0 Å². The second kappa shape index (κ2) is 9.37. The number of carbonyl (C=O) groups excluding carboxylic acids is 1. The lowest BCUT2D eigenvalue weighted by Gasteiger charge is -2.31. The number of imidazole rings is 1. The van der Waals surface area contributed by atoms with E-state index in [0.717, 1.165) is 61.6 Å².